The number of hydrogen-bond donors (Lipinski definition) is 3. The summed E-state index contributed by atoms with van der Waals surface area (Å²) < 4.78 is 44.7. The van der Waals surface area contributed by atoms with Crippen molar-refractivity contribution >= 4 is 27.5 Å². The zero-order chi connectivity index (χ0) is 30.4. The van der Waals surface area contributed by atoms with Crippen LogP contribution in [-0.4, -0.2) is 69.6 Å². The highest BCUT2D eigenvalue weighted by Gasteiger charge is 2.31. The van der Waals surface area contributed by atoms with Crippen LogP contribution in [0.3, 0.4) is 0 Å². The van der Waals surface area contributed by atoms with Crippen molar-refractivity contribution in [2.24, 2.45) is 11.8 Å². The number of ether oxygens (including phenoxy) is 1. The molecule has 9 nitrogen and oxygen atoms in total. The number of fused-ring (bicyclic) bond motifs is 1. The molecule has 2 aliphatic heterocycles. The van der Waals surface area contributed by atoms with Crippen molar-refractivity contribution in [1.29, 1.82) is 0 Å². The summed E-state index contributed by atoms with van der Waals surface area (Å²) in [4.78, 5) is 26.4. The van der Waals surface area contributed by atoms with E-state index in [1.165, 1.54) is 23.0 Å². The van der Waals surface area contributed by atoms with Crippen LogP contribution in [0.25, 0.3) is 0 Å². The van der Waals surface area contributed by atoms with E-state index in [4.69, 9.17) is 4.74 Å². The Labute approximate surface area is 254 Å². The minimum Gasteiger partial charge on any atom is -0.490 e. The molecular formula is C32H43FN4O5S. The second-order valence-electron chi connectivity index (χ2n) is 12.1. The summed E-state index contributed by atoms with van der Waals surface area (Å²) in [6, 6.07) is 11.7. The van der Waals surface area contributed by atoms with E-state index in [1.54, 1.807) is 36.4 Å². The molecule has 0 radical (unpaired) electrons. The standard InChI is InChI=1S/C32H43FN4O5S/c1-43(40,41)37-17-14-27(15-18-37)42-26-10-7-23(8-11-26)31(38)36-21-29(22-5-3-2-4-6-22)32(39)34-16-13-24-20-35-30-12-9-25(33)19-28(24)30/h7-12,19,22,24,27,29,35H,2-6,13-18,20-21H2,1H3,(H,34,39)(H,36,38). The number of carbonyl (C=O) groups excluding carboxylic acids is 2. The largest absolute Gasteiger partial charge is 0.490 e. The molecule has 2 amide bonds. The van der Waals surface area contributed by atoms with Gasteiger partial charge in [0.2, 0.25) is 15.9 Å². The number of nitrogens with one attached hydrogen (secondary N) is 3. The molecule has 43 heavy (non-hydrogen) atoms. The van der Waals surface area contributed by atoms with Crippen LogP contribution in [0.5, 0.6) is 5.75 Å². The zero-order valence-electron chi connectivity index (χ0n) is 24.8. The minimum atomic E-state index is -3.19. The van der Waals surface area contributed by atoms with E-state index in [0.29, 0.717) is 50.2 Å². The number of halogens is 1. The number of hydrogen-bond acceptors (Lipinski definition) is 6. The second-order valence-corrected chi connectivity index (χ2v) is 14.1. The fourth-order valence-corrected chi connectivity index (χ4v) is 7.48. The predicted octanol–water partition coefficient (Wildman–Crippen LogP) is 4.27. The number of piperidine rings is 1. The van der Waals surface area contributed by atoms with Gasteiger partial charge in [-0.25, -0.2) is 17.1 Å². The molecule has 2 aromatic rings. The summed E-state index contributed by atoms with van der Waals surface area (Å²) >= 11 is 0. The van der Waals surface area contributed by atoms with E-state index in [1.807, 2.05) is 0 Å². The molecule has 3 N–H and O–H groups in total. The van der Waals surface area contributed by atoms with Gasteiger partial charge in [0, 0.05) is 49.9 Å². The molecule has 2 aromatic carbocycles. The molecule has 2 atom stereocenters. The van der Waals surface area contributed by atoms with E-state index >= 15 is 0 Å². The van der Waals surface area contributed by atoms with Gasteiger partial charge >= 0.3 is 0 Å². The summed E-state index contributed by atoms with van der Waals surface area (Å²) in [6.07, 6.45) is 8.39. The average molecular weight is 615 g/mol. The van der Waals surface area contributed by atoms with Gasteiger partial charge < -0.3 is 20.7 Å². The predicted molar refractivity (Wildman–Crippen MR) is 164 cm³/mol. The van der Waals surface area contributed by atoms with Crippen LogP contribution in [0.1, 0.15) is 73.2 Å². The third-order valence-electron chi connectivity index (χ3n) is 9.11. The lowest BCUT2D eigenvalue weighted by Gasteiger charge is -2.30. The molecule has 0 bridgehead atoms. The lowest BCUT2D eigenvalue weighted by molar-refractivity contribution is -0.126. The molecule has 2 heterocycles. The summed E-state index contributed by atoms with van der Waals surface area (Å²) in [6.45, 7) is 2.36. The molecule has 5 rings (SSSR count). The highest BCUT2D eigenvalue weighted by molar-refractivity contribution is 7.88. The Balaban J connectivity index is 1.11. The summed E-state index contributed by atoms with van der Waals surface area (Å²) in [7, 11) is -3.19. The number of benzene rings is 2. The molecule has 2 fully saturated rings. The summed E-state index contributed by atoms with van der Waals surface area (Å²) in [5, 5.41) is 9.41. The number of nitrogens with zero attached hydrogens (tertiary/aromatic N) is 1. The van der Waals surface area contributed by atoms with E-state index in [2.05, 4.69) is 16.0 Å². The van der Waals surface area contributed by atoms with E-state index < -0.39 is 10.0 Å². The van der Waals surface area contributed by atoms with Gasteiger partial charge in [-0.2, -0.15) is 0 Å². The quantitative estimate of drug-likeness (QED) is 0.348. The van der Waals surface area contributed by atoms with Crippen LogP contribution >= 0.6 is 0 Å². The second kappa shape index (κ2) is 14.1. The maximum Gasteiger partial charge on any atom is 0.251 e. The van der Waals surface area contributed by atoms with Crippen LogP contribution in [0, 0.1) is 17.7 Å². The van der Waals surface area contributed by atoms with E-state index in [0.717, 1.165) is 43.5 Å². The van der Waals surface area contributed by atoms with Crippen LogP contribution < -0.4 is 20.7 Å². The molecule has 1 saturated heterocycles. The first-order valence-corrected chi connectivity index (χ1v) is 17.3. The van der Waals surface area contributed by atoms with E-state index in [-0.39, 0.29) is 48.0 Å². The Morgan fingerprint density at radius 1 is 1.02 bits per heavy atom. The molecule has 0 aromatic heterocycles. The van der Waals surface area contributed by atoms with Gasteiger partial charge in [-0.3, -0.25) is 9.59 Å². The molecule has 0 spiro atoms. The minimum absolute atomic E-state index is 0.0386. The fourth-order valence-electron chi connectivity index (χ4n) is 6.61. The van der Waals surface area contributed by atoms with Gasteiger partial charge in [-0.15, -0.1) is 0 Å². The lowest BCUT2D eigenvalue weighted by atomic mass is 9.79. The van der Waals surface area contributed by atoms with Gasteiger partial charge in [0.15, 0.2) is 0 Å². The Hall–Kier alpha value is -3.18. The van der Waals surface area contributed by atoms with Crippen molar-refractivity contribution in [3.8, 4) is 5.75 Å². The van der Waals surface area contributed by atoms with Crippen molar-refractivity contribution in [3.63, 3.8) is 0 Å². The van der Waals surface area contributed by atoms with Crippen molar-refractivity contribution in [3.05, 3.63) is 59.4 Å². The SMILES string of the molecule is CS(=O)(=O)N1CCC(Oc2ccc(C(=O)NCC(C(=O)NCCC3CNc4ccc(F)cc43)C3CCCCC3)cc2)CC1. The van der Waals surface area contributed by atoms with Gasteiger partial charge in [0.1, 0.15) is 17.7 Å². The smallest absolute Gasteiger partial charge is 0.251 e. The van der Waals surface area contributed by atoms with E-state index in [9.17, 15) is 22.4 Å². The van der Waals surface area contributed by atoms with Crippen molar-refractivity contribution in [2.45, 2.75) is 63.4 Å². The molecule has 2 unspecified atom stereocenters. The van der Waals surface area contributed by atoms with Gasteiger partial charge in [0.25, 0.3) is 5.91 Å². The van der Waals surface area contributed by atoms with Gasteiger partial charge in [0.05, 0.1) is 12.2 Å². The normalized spacial score (nSPS) is 20.6. The molecule has 3 aliphatic rings. The topological polar surface area (TPSA) is 117 Å². The maximum absolute atomic E-state index is 13.8. The zero-order valence-corrected chi connectivity index (χ0v) is 25.6. The summed E-state index contributed by atoms with van der Waals surface area (Å²) in [5.74, 6) is 0.167. The third kappa shape index (κ3) is 8.26. The molecular weight excluding hydrogens is 571 g/mol. The first-order chi connectivity index (χ1) is 20.7. The average Bonchev–Trinajstić information content (AvgIpc) is 3.39. The van der Waals surface area contributed by atoms with Gasteiger partial charge in [-0.05, 0) is 86.1 Å². The Bertz CT molecular complexity index is 1370. The Morgan fingerprint density at radius 2 is 1.74 bits per heavy atom. The van der Waals surface area contributed by atoms with Crippen molar-refractivity contribution in [2.75, 3.05) is 44.3 Å². The van der Waals surface area contributed by atoms with Crippen LogP contribution in [-0.2, 0) is 14.8 Å². The molecule has 234 valence electrons. The van der Waals surface area contributed by atoms with Crippen LogP contribution in [0.2, 0.25) is 0 Å². The first-order valence-electron chi connectivity index (χ1n) is 15.5. The summed E-state index contributed by atoms with van der Waals surface area (Å²) in [5.41, 5.74) is 2.40. The van der Waals surface area contributed by atoms with Crippen LogP contribution in [0.4, 0.5) is 10.1 Å². The molecule has 1 saturated carbocycles. The Morgan fingerprint density at radius 3 is 2.44 bits per heavy atom. The van der Waals surface area contributed by atoms with Gasteiger partial charge in [-0.1, -0.05) is 19.3 Å². The van der Waals surface area contributed by atoms with Crippen molar-refractivity contribution in [1.82, 2.24) is 14.9 Å². The lowest BCUT2D eigenvalue weighted by Crippen LogP contribution is -2.43. The fraction of sp³-hybridized carbons (Fsp3) is 0.562. The number of rotatable bonds is 11. The number of sulfonamides is 1. The number of anilines is 1. The number of amides is 2. The third-order valence-corrected chi connectivity index (χ3v) is 10.4. The molecule has 1 aliphatic carbocycles. The maximum atomic E-state index is 13.8. The highest BCUT2D eigenvalue weighted by Crippen LogP contribution is 2.34. The first kappa shape index (κ1) is 31.3. The number of carbonyl (C=O) groups is 2. The Kier molecular flexibility index (Phi) is 10.2. The monoisotopic (exact) mass is 614 g/mol. The van der Waals surface area contributed by atoms with Crippen molar-refractivity contribution < 1.29 is 27.1 Å². The highest BCUT2D eigenvalue weighted by atomic mass is 32.2. The van der Waals surface area contributed by atoms with Crippen LogP contribution in [0.15, 0.2) is 42.5 Å². The molecule has 11 heteroatoms.